The third kappa shape index (κ3) is 3.64. The van der Waals surface area contributed by atoms with Crippen molar-refractivity contribution in [2.24, 2.45) is 0 Å². The molecule has 0 aliphatic carbocycles. The van der Waals surface area contributed by atoms with Crippen LogP contribution in [-0.2, 0) is 6.42 Å². The molecular formula is C16H16N4O3. The number of tetrazole rings is 1. The molecule has 7 nitrogen and oxygen atoms in total. The molecule has 2 aromatic heterocycles. The first-order chi connectivity index (χ1) is 11.3. The number of H-pyrrole nitrogens is 1. The van der Waals surface area contributed by atoms with Gasteiger partial charge in [-0.2, -0.15) is 5.21 Å². The fraction of sp³-hybridized carbons (Fsp3) is 0.188. The number of hydrogen-bond acceptors (Lipinski definition) is 6. The standard InChI is InChI=1S/C16H16N4O3/c1-22-14-5-2-11(3-6-14)8-13-10-23-9-12(13)4-7-15(21)16-17-19-20-18-16/h2-7,9-10,15,21H,8H2,1H3,(H,17,18,19,20). The molecule has 0 aliphatic rings. The molecule has 0 fully saturated rings. The molecule has 118 valence electrons. The Kier molecular flexibility index (Phi) is 4.49. The number of benzene rings is 1. The first-order valence-corrected chi connectivity index (χ1v) is 7.04. The fourth-order valence-corrected chi connectivity index (χ4v) is 2.16. The molecule has 0 radical (unpaired) electrons. The maximum atomic E-state index is 9.93. The monoisotopic (exact) mass is 312 g/mol. The van der Waals surface area contributed by atoms with Crippen molar-refractivity contribution in [3.8, 4) is 5.75 Å². The Morgan fingerprint density at radius 2 is 2.13 bits per heavy atom. The molecule has 3 aromatic rings. The quantitative estimate of drug-likeness (QED) is 0.724. The second-order valence-corrected chi connectivity index (χ2v) is 4.95. The van der Waals surface area contributed by atoms with Crippen LogP contribution in [0.15, 0.2) is 47.3 Å². The van der Waals surface area contributed by atoms with Gasteiger partial charge in [-0.05, 0) is 23.8 Å². The number of aliphatic hydroxyl groups is 1. The summed E-state index contributed by atoms with van der Waals surface area (Å²) in [6.45, 7) is 0. The lowest BCUT2D eigenvalue weighted by Crippen LogP contribution is -1.96. The van der Waals surface area contributed by atoms with E-state index in [1.54, 1.807) is 31.8 Å². The Labute approximate surface area is 132 Å². The lowest BCUT2D eigenvalue weighted by Gasteiger charge is -2.03. The number of ether oxygens (including phenoxy) is 1. The molecule has 0 amide bonds. The molecular weight excluding hydrogens is 296 g/mol. The number of aliphatic hydroxyl groups excluding tert-OH is 1. The highest BCUT2D eigenvalue weighted by molar-refractivity contribution is 5.53. The van der Waals surface area contributed by atoms with Crippen molar-refractivity contribution in [1.29, 1.82) is 0 Å². The van der Waals surface area contributed by atoms with Crippen LogP contribution >= 0.6 is 0 Å². The summed E-state index contributed by atoms with van der Waals surface area (Å²) in [6.07, 6.45) is 6.51. The van der Waals surface area contributed by atoms with E-state index in [-0.39, 0.29) is 5.82 Å². The summed E-state index contributed by atoms with van der Waals surface area (Å²) < 4.78 is 10.4. The zero-order chi connectivity index (χ0) is 16.1. The summed E-state index contributed by atoms with van der Waals surface area (Å²) in [5, 5.41) is 23.1. The summed E-state index contributed by atoms with van der Waals surface area (Å²) in [5.74, 6) is 1.05. The smallest absolute Gasteiger partial charge is 0.206 e. The van der Waals surface area contributed by atoms with Gasteiger partial charge in [-0.1, -0.05) is 23.4 Å². The van der Waals surface area contributed by atoms with Crippen LogP contribution in [0.4, 0.5) is 0 Å². The summed E-state index contributed by atoms with van der Waals surface area (Å²) in [6, 6.07) is 7.86. The number of aromatic amines is 1. The molecule has 0 saturated carbocycles. The third-order valence-electron chi connectivity index (χ3n) is 3.41. The Hall–Kier alpha value is -2.93. The van der Waals surface area contributed by atoms with Gasteiger partial charge >= 0.3 is 0 Å². The normalized spacial score (nSPS) is 12.6. The summed E-state index contributed by atoms with van der Waals surface area (Å²) >= 11 is 0. The first kappa shape index (κ1) is 15.0. The maximum Gasteiger partial charge on any atom is 0.206 e. The molecule has 0 saturated heterocycles. The molecule has 0 bridgehead atoms. The number of nitrogens with one attached hydrogen (secondary N) is 1. The Morgan fingerprint density at radius 3 is 2.83 bits per heavy atom. The van der Waals surface area contributed by atoms with Gasteiger partial charge in [-0.3, -0.25) is 0 Å². The van der Waals surface area contributed by atoms with Gasteiger partial charge in [0.15, 0.2) is 0 Å². The van der Waals surface area contributed by atoms with E-state index in [1.807, 2.05) is 24.3 Å². The van der Waals surface area contributed by atoms with Crippen LogP contribution in [0.5, 0.6) is 5.75 Å². The molecule has 2 N–H and O–H groups in total. The molecule has 1 unspecified atom stereocenters. The highest BCUT2D eigenvalue weighted by atomic mass is 16.5. The highest BCUT2D eigenvalue weighted by Crippen LogP contribution is 2.20. The van der Waals surface area contributed by atoms with Crippen molar-refractivity contribution in [1.82, 2.24) is 20.6 Å². The van der Waals surface area contributed by atoms with Crippen LogP contribution in [0.2, 0.25) is 0 Å². The predicted molar refractivity (Wildman–Crippen MR) is 82.7 cm³/mol. The van der Waals surface area contributed by atoms with Crippen molar-refractivity contribution in [2.75, 3.05) is 7.11 Å². The first-order valence-electron chi connectivity index (χ1n) is 7.04. The predicted octanol–water partition coefficient (Wildman–Crippen LogP) is 2.14. The van der Waals surface area contributed by atoms with E-state index in [1.165, 1.54) is 0 Å². The van der Waals surface area contributed by atoms with Crippen LogP contribution in [0.3, 0.4) is 0 Å². The maximum absolute atomic E-state index is 9.93. The molecule has 1 atom stereocenters. The van der Waals surface area contributed by atoms with E-state index in [2.05, 4.69) is 20.6 Å². The van der Waals surface area contributed by atoms with Gasteiger partial charge in [0.2, 0.25) is 5.82 Å². The van der Waals surface area contributed by atoms with Gasteiger partial charge in [0.1, 0.15) is 11.9 Å². The molecule has 0 aliphatic heterocycles. The van der Waals surface area contributed by atoms with Crippen molar-refractivity contribution in [3.63, 3.8) is 0 Å². The van der Waals surface area contributed by atoms with Gasteiger partial charge < -0.3 is 14.3 Å². The highest BCUT2D eigenvalue weighted by Gasteiger charge is 2.09. The third-order valence-corrected chi connectivity index (χ3v) is 3.41. The van der Waals surface area contributed by atoms with E-state index in [4.69, 9.17) is 9.15 Å². The molecule has 1 aromatic carbocycles. The van der Waals surface area contributed by atoms with Gasteiger partial charge in [0.25, 0.3) is 0 Å². The second kappa shape index (κ2) is 6.89. The second-order valence-electron chi connectivity index (χ2n) is 4.95. The number of aromatic nitrogens is 4. The van der Waals surface area contributed by atoms with Crippen LogP contribution in [0.1, 0.15) is 28.6 Å². The van der Waals surface area contributed by atoms with E-state index < -0.39 is 6.10 Å². The lowest BCUT2D eigenvalue weighted by molar-refractivity contribution is 0.219. The zero-order valence-corrected chi connectivity index (χ0v) is 12.5. The summed E-state index contributed by atoms with van der Waals surface area (Å²) in [7, 11) is 1.64. The van der Waals surface area contributed by atoms with Crippen molar-refractivity contribution < 1.29 is 14.3 Å². The van der Waals surface area contributed by atoms with E-state index in [0.29, 0.717) is 0 Å². The number of nitrogens with zero attached hydrogens (tertiary/aromatic N) is 3. The minimum atomic E-state index is -0.919. The van der Waals surface area contributed by atoms with Gasteiger partial charge in [-0.15, -0.1) is 10.2 Å². The van der Waals surface area contributed by atoms with Crippen molar-refractivity contribution >= 4 is 6.08 Å². The SMILES string of the molecule is COc1ccc(Cc2cocc2C=CC(O)c2nn[nH]n2)cc1. The molecule has 3 rings (SSSR count). The minimum absolute atomic E-state index is 0.224. The molecule has 0 spiro atoms. The molecule has 7 heteroatoms. The van der Waals surface area contributed by atoms with Gasteiger partial charge in [0, 0.05) is 17.5 Å². The number of methoxy groups -OCH3 is 1. The van der Waals surface area contributed by atoms with Crippen molar-refractivity contribution in [3.05, 3.63) is 65.4 Å². The number of hydrogen-bond donors (Lipinski definition) is 2. The van der Waals surface area contributed by atoms with Crippen LogP contribution in [0, 0.1) is 0 Å². The number of furan rings is 1. The van der Waals surface area contributed by atoms with E-state index in [9.17, 15) is 5.11 Å². The lowest BCUT2D eigenvalue weighted by atomic mass is 10.0. The van der Waals surface area contributed by atoms with Crippen LogP contribution < -0.4 is 4.74 Å². The Morgan fingerprint density at radius 1 is 1.30 bits per heavy atom. The zero-order valence-electron chi connectivity index (χ0n) is 12.5. The van der Waals surface area contributed by atoms with Crippen LogP contribution in [0.25, 0.3) is 6.08 Å². The Balaban J connectivity index is 1.71. The van der Waals surface area contributed by atoms with Gasteiger partial charge in [0.05, 0.1) is 19.6 Å². The van der Waals surface area contributed by atoms with Crippen molar-refractivity contribution in [2.45, 2.75) is 12.5 Å². The van der Waals surface area contributed by atoms with E-state index >= 15 is 0 Å². The average Bonchev–Trinajstić information content (AvgIpc) is 3.25. The van der Waals surface area contributed by atoms with Gasteiger partial charge in [-0.25, -0.2) is 0 Å². The topological polar surface area (TPSA) is 97.1 Å². The average molecular weight is 312 g/mol. The Bertz CT molecular complexity index is 763. The molecule has 2 heterocycles. The minimum Gasteiger partial charge on any atom is -0.497 e. The summed E-state index contributed by atoms with van der Waals surface area (Å²) in [4.78, 5) is 0. The molecule has 23 heavy (non-hydrogen) atoms. The van der Waals surface area contributed by atoms with Crippen LogP contribution in [-0.4, -0.2) is 32.8 Å². The fourth-order valence-electron chi connectivity index (χ4n) is 2.16. The van der Waals surface area contributed by atoms with E-state index in [0.717, 1.165) is 28.9 Å². The summed E-state index contributed by atoms with van der Waals surface area (Å²) in [5.41, 5.74) is 3.05. The largest absolute Gasteiger partial charge is 0.497 e. The number of rotatable bonds is 6.